The highest BCUT2D eigenvalue weighted by Crippen LogP contribution is 2.42. The highest BCUT2D eigenvalue weighted by Gasteiger charge is 2.32. The third-order valence-electron chi connectivity index (χ3n) is 7.22. The van der Waals surface area contributed by atoms with Crippen LogP contribution in [0.5, 0.6) is 0 Å². The van der Waals surface area contributed by atoms with Crippen LogP contribution in [0, 0.1) is 0 Å². The summed E-state index contributed by atoms with van der Waals surface area (Å²) in [5.41, 5.74) is 1.88. The topological polar surface area (TPSA) is 97.6 Å². The average molecular weight is 485 g/mol. The number of thiophene rings is 1. The number of fused-ring (bicyclic) bond motifs is 3. The quantitative estimate of drug-likeness (QED) is 0.548. The molecule has 3 aromatic heterocycles. The molecule has 0 atom stereocenters. The molecule has 5 heterocycles. The first kappa shape index (κ1) is 22.2. The lowest BCUT2D eigenvalue weighted by molar-refractivity contribution is -0.0379. The molecule has 0 unspecified atom stereocenters. The first-order valence-electron chi connectivity index (χ1n) is 12.2. The molecule has 0 amide bonds. The molecule has 2 fully saturated rings. The number of ether oxygens (including phenoxy) is 2. The minimum absolute atomic E-state index is 0.187. The van der Waals surface area contributed by atoms with E-state index in [0.717, 1.165) is 67.3 Å². The number of anilines is 3. The van der Waals surface area contributed by atoms with Crippen molar-refractivity contribution in [3.8, 4) is 0 Å². The van der Waals surface area contributed by atoms with Gasteiger partial charge in [-0.15, -0.1) is 11.3 Å². The third kappa shape index (κ3) is 4.51. The van der Waals surface area contributed by atoms with Crippen molar-refractivity contribution in [2.24, 2.45) is 0 Å². The van der Waals surface area contributed by atoms with Gasteiger partial charge >= 0.3 is 0 Å². The molecule has 9 nitrogen and oxygen atoms in total. The molecule has 6 rings (SSSR count). The molecule has 2 aliphatic heterocycles. The van der Waals surface area contributed by atoms with Gasteiger partial charge in [-0.25, -0.2) is 4.98 Å². The normalized spacial score (nSPS) is 25.2. The lowest BCUT2D eigenvalue weighted by atomic mass is 9.89. The van der Waals surface area contributed by atoms with E-state index in [0.29, 0.717) is 24.6 Å². The second-order valence-corrected chi connectivity index (χ2v) is 11.2. The van der Waals surface area contributed by atoms with Gasteiger partial charge in [0, 0.05) is 36.5 Å². The minimum atomic E-state index is -0.187. The summed E-state index contributed by atoms with van der Waals surface area (Å²) in [6.07, 6.45) is 8.75. The van der Waals surface area contributed by atoms with Gasteiger partial charge in [-0.05, 0) is 45.1 Å². The van der Waals surface area contributed by atoms with E-state index in [2.05, 4.69) is 34.5 Å². The van der Waals surface area contributed by atoms with Crippen LogP contribution in [-0.4, -0.2) is 64.0 Å². The van der Waals surface area contributed by atoms with Crippen LogP contribution in [0.15, 0.2) is 17.0 Å². The Morgan fingerprint density at radius 1 is 1.12 bits per heavy atom. The Hall–Kier alpha value is -2.27. The van der Waals surface area contributed by atoms with Gasteiger partial charge in [-0.3, -0.25) is 4.90 Å². The number of nitrogens with zero attached hydrogens (tertiary/aromatic N) is 4. The fourth-order valence-electron chi connectivity index (χ4n) is 5.42. The van der Waals surface area contributed by atoms with Crippen molar-refractivity contribution in [1.29, 1.82) is 0 Å². The van der Waals surface area contributed by atoms with Gasteiger partial charge in [0.25, 0.3) is 0 Å². The zero-order valence-electron chi connectivity index (χ0n) is 19.8. The van der Waals surface area contributed by atoms with E-state index in [1.807, 2.05) is 0 Å². The number of aromatic nitrogens is 3. The summed E-state index contributed by atoms with van der Waals surface area (Å²) in [5, 5.41) is 12.0. The van der Waals surface area contributed by atoms with Gasteiger partial charge in [0.15, 0.2) is 0 Å². The first-order chi connectivity index (χ1) is 16.5. The molecule has 0 aromatic carbocycles. The number of rotatable bonds is 5. The van der Waals surface area contributed by atoms with Crippen molar-refractivity contribution < 1.29 is 14.0 Å². The summed E-state index contributed by atoms with van der Waals surface area (Å²) in [6, 6.07) is 1.08. The van der Waals surface area contributed by atoms with Crippen molar-refractivity contribution in [3.63, 3.8) is 0 Å². The molecule has 3 aromatic rings. The van der Waals surface area contributed by atoms with E-state index >= 15 is 0 Å². The number of hydrogen-bond donors (Lipinski definition) is 2. The zero-order valence-corrected chi connectivity index (χ0v) is 20.6. The Morgan fingerprint density at radius 3 is 2.71 bits per heavy atom. The Morgan fingerprint density at radius 2 is 1.94 bits per heavy atom. The predicted molar refractivity (Wildman–Crippen MR) is 132 cm³/mol. The van der Waals surface area contributed by atoms with E-state index in [4.69, 9.17) is 24.0 Å². The molecule has 3 aliphatic rings. The summed E-state index contributed by atoms with van der Waals surface area (Å²) in [7, 11) is 0. The fourth-order valence-corrected chi connectivity index (χ4v) is 6.52. The SMILES string of the molecule is CC1(C)Cc2c(sc3nc(Nc4cnoc4)nc(N[C@H]4CC[C@H](N5CCOCC5)CC4)c23)CO1. The molecule has 10 heteroatoms. The standard InChI is InChI=1S/C24H32N6O3S/c1-24(2)11-18-19(14-32-24)34-22-20(18)21(28-23(29-22)27-16-12-25-33-13-16)26-15-3-5-17(6-4-15)30-7-9-31-10-8-30/h12-13,15,17H,3-11,14H2,1-2H3,(H2,26,27,28,29)/t15-,17-. The summed E-state index contributed by atoms with van der Waals surface area (Å²) in [4.78, 5) is 14.6. The number of nitrogens with one attached hydrogen (secondary N) is 2. The van der Waals surface area contributed by atoms with E-state index in [-0.39, 0.29) is 5.60 Å². The molecule has 182 valence electrons. The Kier molecular flexibility index (Phi) is 5.92. The van der Waals surface area contributed by atoms with Gasteiger partial charge in [0.1, 0.15) is 22.6 Å². The average Bonchev–Trinajstić information content (AvgIpc) is 3.47. The van der Waals surface area contributed by atoms with Crippen molar-refractivity contribution in [2.45, 2.75) is 70.2 Å². The molecule has 1 saturated carbocycles. The smallest absolute Gasteiger partial charge is 0.230 e. The Labute approximate surface area is 203 Å². The largest absolute Gasteiger partial charge is 0.379 e. The van der Waals surface area contributed by atoms with Gasteiger partial charge in [-0.1, -0.05) is 5.16 Å². The zero-order chi connectivity index (χ0) is 23.1. The predicted octanol–water partition coefficient (Wildman–Crippen LogP) is 4.33. The van der Waals surface area contributed by atoms with Gasteiger partial charge in [0.05, 0.1) is 37.0 Å². The molecular formula is C24H32N6O3S. The molecule has 0 bridgehead atoms. The Balaban J connectivity index is 1.27. The summed E-state index contributed by atoms with van der Waals surface area (Å²) in [6.45, 7) is 8.79. The monoisotopic (exact) mass is 484 g/mol. The lowest BCUT2D eigenvalue weighted by Crippen LogP contribution is -2.46. The molecule has 2 N–H and O–H groups in total. The summed E-state index contributed by atoms with van der Waals surface area (Å²) >= 11 is 1.71. The maximum atomic E-state index is 6.09. The number of hydrogen-bond acceptors (Lipinski definition) is 10. The molecule has 0 radical (unpaired) electrons. The molecule has 34 heavy (non-hydrogen) atoms. The highest BCUT2D eigenvalue weighted by atomic mass is 32.1. The minimum Gasteiger partial charge on any atom is -0.379 e. The van der Waals surface area contributed by atoms with Crippen LogP contribution in [0.1, 0.15) is 50.0 Å². The molecule has 1 saturated heterocycles. The molecule has 0 spiro atoms. The van der Waals surface area contributed by atoms with E-state index in [1.54, 1.807) is 23.8 Å². The van der Waals surface area contributed by atoms with Crippen molar-refractivity contribution in [2.75, 3.05) is 36.9 Å². The van der Waals surface area contributed by atoms with Crippen molar-refractivity contribution in [3.05, 3.63) is 22.9 Å². The highest BCUT2D eigenvalue weighted by molar-refractivity contribution is 7.19. The van der Waals surface area contributed by atoms with Gasteiger partial charge < -0.3 is 24.6 Å². The lowest BCUT2D eigenvalue weighted by Gasteiger charge is -2.39. The van der Waals surface area contributed by atoms with Crippen LogP contribution in [0.4, 0.5) is 17.5 Å². The van der Waals surface area contributed by atoms with Gasteiger partial charge in [-0.2, -0.15) is 4.98 Å². The second kappa shape index (κ2) is 9.07. The fraction of sp³-hybridized carbons (Fsp3) is 0.625. The Bertz CT molecular complexity index is 1130. The van der Waals surface area contributed by atoms with Crippen LogP contribution in [0.3, 0.4) is 0 Å². The second-order valence-electron chi connectivity index (χ2n) is 10.1. The van der Waals surface area contributed by atoms with Crippen molar-refractivity contribution >= 4 is 39.0 Å². The van der Waals surface area contributed by atoms with E-state index < -0.39 is 0 Å². The van der Waals surface area contributed by atoms with Crippen LogP contribution >= 0.6 is 11.3 Å². The third-order valence-corrected chi connectivity index (χ3v) is 8.32. The first-order valence-corrected chi connectivity index (χ1v) is 13.1. The van der Waals surface area contributed by atoms with Crippen LogP contribution in [-0.2, 0) is 22.5 Å². The maximum absolute atomic E-state index is 6.09. The summed E-state index contributed by atoms with van der Waals surface area (Å²) in [5.74, 6) is 1.48. The van der Waals surface area contributed by atoms with E-state index in [1.165, 1.54) is 23.3 Å². The van der Waals surface area contributed by atoms with Gasteiger partial charge in [0.2, 0.25) is 5.95 Å². The van der Waals surface area contributed by atoms with Crippen LogP contribution < -0.4 is 10.6 Å². The molecule has 1 aliphatic carbocycles. The summed E-state index contributed by atoms with van der Waals surface area (Å²) < 4.78 is 16.6. The maximum Gasteiger partial charge on any atom is 0.230 e. The van der Waals surface area contributed by atoms with Crippen molar-refractivity contribution in [1.82, 2.24) is 20.0 Å². The number of morpholine rings is 1. The van der Waals surface area contributed by atoms with Crippen LogP contribution in [0.25, 0.3) is 10.2 Å². The van der Waals surface area contributed by atoms with Crippen LogP contribution in [0.2, 0.25) is 0 Å². The molecular weight excluding hydrogens is 452 g/mol. The van der Waals surface area contributed by atoms with E-state index in [9.17, 15) is 0 Å².